The van der Waals surface area contributed by atoms with Crippen molar-refractivity contribution in [1.82, 2.24) is 4.98 Å². The molecule has 0 spiro atoms. The fraction of sp³-hybridized carbons (Fsp3) is 0.118. The lowest BCUT2D eigenvalue weighted by Gasteiger charge is -2.12. The van der Waals surface area contributed by atoms with E-state index in [-0.39, 0.29) is 11.6 Å². The molecular weight excluding hydrogens is 302 g/mol. The summed E-state index contributed by atoms with van der Waals surface area (Å²) in [4.78, 5) is 4.30. The minimum Gasteiger partial charge on any atom is -0.355 e. The van der Waals surface area contributed by atoms with Crippen LogP contribution in [0.15, 0.2) is 53.9 Å². The van der Waals surface area contributed by atoms with E-state index in [1.54, 1.807) is 5.38 Å². The first-order chi connectivity index (χ1) is 10.6. The van der Waals surface area contributed by atoms with Gasteiger partial charge in [-0.3, -0.25) is 0 Å². The zero-order chi connectivity index (χ0) is 15.5. The lowest BCUT2D eigenvalue weighted by Crippen LogP contribution is -2.06. The summed E-state index contributed by atoms with van der Waals surface area (Å²) < 4.78 is 27.6. The van der Waals surface area contributed by atoms with Crippen LogP contribution in [0, 0.1) is 11.6 Å². The number of benzene rings is 2. The monoisotopic (exact) mass is 316 g/mol. The van der Waals surface area contributed by atoms with Crippen molar-refractivity contribution in [3.63, 3.8) is 0 Å². The van der Waals surface area contributed by atoms with E-state index in [9.17, 15) is 8.78 Å². The van der Waals surface area contributed by atoms with Gasteiger partial charge in [0.05, 0.1) is 17.3 Å². The maximum atomic E-state index is 13.8. The summed E-state index contributed by atoms with van der Waals surface area (Å²) >= 11 is 1.33. The fourth-order valence-electron chi connectivity index (χ4n) is 2.21. The lowest BCUT2D eigenvalue weighted by molar-refractivity contribution is 0.589. The van der Waals surface area contributed by atoms with E-state index in [0.29, 0.717) is 10.8 Å². The van der Waals surface area contributed by atoms with Gasteiger partial charge in [-0.2, -0.15) is 0 Å². The highest BCUT2D eigenvalue weighted by atomic mass is 32.1. The highest BCUT2D eigenvalue weighted by molar-refractivity contribution is 7.14. The van der Waals surface area contributed by atoms with Gasteiger partial charge in [0, 0.05) is 5.38 Å². The second kappa shape index (κ2) is 6.23. The predicted molar refractivity (Wildman–Crippen MR) is 85.9 cm³/mol. The second-order valence-electron chi connectivity index (χ2n) is 4.91. The maximum Gasteiger partial charge on any atom is 0.183 e. The summed E-state index contributed by atoms with van der Waals surface area (Å²) in [7, 11) is 0. The van der Waals surface area contributed by atoms with E-state index >= 15 is 0 Å². The third-order valence-electron chi connectivity index (χ3n) is 3.36. The Balaban J connectivity index is 1.83. The number of aromatic nitrogens is 1. The SMILES string of the molecule is C[C@H](Nc1nc(-c2c(F)cccc2F)cs1)c1ccccc1. The van der Waals surface area contributed by atoms with E-state index in [4.69, 9.17) is 0 Å². The minimum absolute atomic E-state index is 0.0608. The van der Waals surface area contributed by atoms with Gasteiger partial charge in [0.15, 0.2) is 5.13 Å². The largest absolute Gasteiger partial charge is 0.355 e. The second-order valence-corrected chi connectivity index (χ2v) is 5.77. The molecule has 3 aromatic rings. The van der Waals surface area contributed by atoms with Crippen LogP contribution in [0.25, 0.3) is 11.3 Å². The van der Waals surface area contributed by atoms with Crippen LogP contribution >= 0.6 is 11.3 Å². The number of halogens is 2. The molecule has 0 aliphatic rings. The van der Waals surface area contributed by atoms with Crippen molar-refractivity contribution in [3.05, 3.63) is 71.1 Å². The summed E-state index contributed by atoms with van der Waals surface area (Å²) in [6, 6.07) is 13.8. The van der Waals surface area contributed by atoms with Gasteiger partial charge in [0.25, 0.3) is 0 Å². The van der Waals surface area contributed by atoms with Crippen molar-refractivity contribution in [2.45, 2.75) is 13.0 Å². The van der Waals surface area contributed by atoms with Crippen LogP contribution in [0.3, 0.4) is 0 Å². The Morgan fingerprint density at radius 3 is 2.36 bits per heavy atom. The van der Waals surface area contributed by atoms with Gasteiger partial charge in [-0.25, -0.2) is 13.8 Å². The molecule has 1 aromatic heterocycles. The van der Waals surface area contributed by atoms with Gasteiger partial charge in [-0.05, 0) is 24.6 Å². The Hall–Kier alpha value is -2.27. The summed E-state index contributed by atoms with van der Waals surface area (Å²) in [5.74, 6) is -1.21. The van der Waals surface area contributed by atoms with Crippen LogP contribution in [0.4, 0.5) is 13.9 Å². The van der Waals surface area contributed by atoms with Gasteiger partial charge in [0.1, 0.15) is 11.6 Å². The Morgan fingerprint density at radius 1 is 1.00 bits per heavy atom. The third kappa shape index (κ3) is 2.99. The molecule has 0 radical (unpaired) electrons. The summed E-state index contributed by atoms with van der Waals surface area (Å²) in [6.45, 7) is 2.01. The summed E-state index contributed by atoms with van der Waals surface area (Å²) in [5.41, 5.74) is 1.35. The number of nitrogens with one attached hydrogen (secondary N) is 1. The van der Waals surface area contributed by atoms with E-state index in [1.807, 2.05) is 37.3 Å². The molecule has 0 aliphatic heterocycles. The van der Waals surface area contributed by atoms with E-state index in [1.165, 1.54) is 29.5 Å². The number of rotatable bonds is 4. The number of anilines is 1. The normalized spacial score (nSPS) is 12.1. The smallest absolute Gasteiger partial charge is 0.183 e. The quantitative estimate of drug-likeness (QED) is 0.710. The van der Waals surface area contributed by atoms with Crippen LogP contribution in [-0.2, 0) is 0 Å². The molecule has 5 heteroatoms. The highest BCUT2D eigenvalue weighted by Crippen LogP contribution is 2.30. The molecule has 0 saturated heterocycles. The van der Waals surface area contributed by atoms with Crippen molar-refractivity contribution in [2.24, 2.45) is 0 Å². The van der Waals surface area contributed by atoms with Crippen LogP contribution in [-0.4, -0.2) is 4.98 Å². The maximum absolute atomic E-state index is 13.8. The van der Waals surface area contributed by atoms with E-state index in [0.717, 1.165) is 5.56 Å². The molecule has 0 amide bonds. The van der Waals surface area contributed by atoms with Crippen molar-refractivity contribution in [2.75, 3.05) is 5.32 Å². The molecule has 0 fully saturated rings. The van der Waals surface area contributed by atoms with Gasteiger partial charge in [-0.1, -0.05) is 36.4 Å². The molecule has 0 aliphatic carbocycles. The molecule has 1 heterocycles. The van der Waals surface area contributed by atoms with Crippen LogP contribution < -0.4 is 5.32 Å². The van der Waals surface area contributed by atoms with Crippen LogP contribution in [0.2, 0.25) is 0 Å². The van der Waals surface area contributed by atoms with Gasteiger partial charge in [0.2, 0.25) is 0 Å². The summed E-state index contributed by atoms with van der Waals surface area (Å²) in [5, 5.41) is 5.54. The molecule has 112 valence electrons. The zero-order valence-corrected chi connectivity index (χ0v) is 12.7. The average Bonchev–Trinajstić information content (AvgIpc) is 2.96. The molecule has 2 nitrogen and oxygen atoms in total. The zero-order valence-electron chi connectivity index (χ0n) is 11.9. The number of hydrogen-bond donors (Lipinski definition) is 1. The van der Waals surface area contributed by atoms with Crippen molar-refractivity contribution < 1.29 is 8.78 Å². The molecule has 2 aromatic carbocycles. The first-order valence-electron chi connectivity index (χ1n) is 6.86. The highest BCUT2D eigenvalue weighted by Gasteiger charge is 2.15. The average molecular weight is 316 g/mol. The van der Waals surface area contributed by atoms with Crippen molar-refractivity contribution in [1.29, 1.82) is 0 Å². The Bertz CT molecular complexity index is 751. The Morgan fingerprint density at radius 2 is 1.68 bits per heavy atom. The summed E-state index contributed by atoms with van der Waals surface area (Å²) in [6.07, 6.45) is 0. The molecule has 1 atom stereocenters. The first-order valence-corrected chi connectivity index (χ1v) is 7.74. The van der Waals surface area contributed by atoms with Crippen LogP contribution in [0.5, 0.6) is 0 Å². The molecule has 0 unspecified atom stereocenters. The minimum atomic E-state index is -0.604. The predicted octanol–water partition coefficient (Wildman–Crippen LogP) is 5.26. The van der Waals surface area contributed by atoms with Crippen molar-refractivity contribution >= 4 is 16.5 Å². The topological polar surface area (TPSA) is 24.9 Å². The van der Waals surface area contributed by atoms with Gasteiger partial charge < -0.3 is 5.32 Å². The molecule has 3 rings (SSSR count). The fourth-order valence-corrected chi connectivity index (χ4v) is 3.00. The third-order valence-corrected chi connectivity index (χ3v) is 4.14. The number of hydrogen-bond acceptors (Lipinski definition) is 3. The molecule has 0 bridgehead atoms. The lowest BCUT2D eigenvalue weighted by atomic mass is 10.1. The Labute approximate surface area is 131 Å². The van der Waals surface area contributed by atoms with E-state index in [2.05, 4.69) is 10.3 Å². The standard InChI is InChI=1S/C17H14F2N2S/c1-11(12-6-3-2-4-7-12)20-17-21-15(10-22-17)16-13(18)8-5-9-14(16)19/h2-11H,1H3,(H,20,21)/t11-/m0/s1. The van der Waals surface area contributed by atoms with Gasteiger partial charge >= 0.3 is 0 Å². The van der Waals surface area contributed by atoms with Crippen molar-refractivity contribution in [3.8, 4) is 11.3 Å². The number of nitrogens with zero attached hydrogens (tertiary/aromatic N) is 1. The van der Waals surface area contributed by atoms with Crippen LogP contribution in [0.1, 0.15) is 18.5 Å². The molecule has 1 N–H and O–H groups in total. The van der Waals surface area contributed by atoms with Gasteiger partial charge in [-0.15, -0.1) is 11.3 Å². The molecule has 22 heavy (non-hydrogen) atoms. The molecular formula is C17H14F2N2S. The first kappa shape index (κ1) is 14.7. The molecule has 0 saturated carbocycles. The van der Waals surface area contributed by atoms with E-state index < -0.39 is 11.6 Å². The number of thiazole rings is 1. The Kier molecular flexibility index (Phi) is 4.15.